The normalized spacial score (nSPS) is 11.0. The fourth-order valence-electron chi connectivity index (χ4n) is 3.04. The summed E-state index contributed by atoms with van der Waals surface area (Å²) < 4.78 is 1.70. The molecule has 1 N–H and O–H groups in total. The van der Waals surface area contributed by atoms with Crippen molar-refractivity contribution in [3.05, 3.63) is 63.9 Å². The Morgan fingerprint density at radius 3 is 2.71 bits per heavy atom. The molecule has 0 aliphatic carbocycles. The lowest BCUT2D eigenvalue weighted by Gasteiger charge is -2.13. The summed E-state index contributed by atoms with van der Waals surface area (Å²) in [6.45, 7) is 6.69. The Morgan fingerprint density at radius 2 is 1.96 bits per heavy atom. The van der Waals surface area contributed by atoms with Gasteiger partial charge in [0.15, 0.2) is 5.16 Å². The number of nitrogens with zero attached hydrogens (tertiary/aromatic N) is 2. The zero-order chi connectivity index (χ0) is 20.1. The van der Waals surface area contributed by atoms with Gasteiger partial charge in [-0.1, -0.05) is 54.9 Å². The molecule has 5 nitrogen and oxygen atoms in total. The molecule has 1 aromatic heterocycles. The van der Waals surface area contributed by atoms with Crippen LogP contribution in [0.15, 0.2) is 52.4 Å². The zero-order valence-electron chi connectivity index (χ0n) is 16.5. The monoisotopic (exact) mass is 395 g/mol. The minimum atomic E-state index is -0.110. The minimum absolute atomic E-state index is 0.0451. The van der Waals surface area contributed by atoms with Crippen LogP contribution in [0, 0.1) is 13.8 Å². The van der Waals surface area contributed by atoms with Gasteiger partial charge in [-0.05, 0) is 44.0 Å². The third kappa shape index (κ3) is 4.62. The Labute approximate surface area is 169 Å². The van der Waals surface area contributed by atoms with Crippen molar-refractivity contribution < 1.29 is 4.79 Å². The lowest BCUT2D eigenvalue weighted by Crippen LogP contribution is -2.24. The molecule has 146 valence electrons. The van der Waals surface area contributed by atoms with Gasteiger partial charge in [0, 0.05) is 12.2 Å². The lowest BCUT2D eigenvalue weighted by atomic mass is 10.1. The highest BCUT2D eigenvalue weighted by Crippen LogP contribution is 2.20. The van der Waals surface area contributed by atoms with E-state index in [1.165, 1.54) is 11.8 Å². The number of carbonyl (C=O) groups excluding carboxylic acids is 1. The van der Waals surface area contributed by atoms with Crippen molar-refractivity contribution in [2.24, 2.45) is 0 Å². The van der Waals surface area contributed by atoms with Crippen LogP contribution in [-0.2, 0) is 11.3 Å². The number of aromatic nitrogens is 2. The second kappa shape index (κ2) is 9.06. The number of para-hydroxylation sites is 1. The molecule has 28 heavy (non-hydrogen) atoms. The molecule has 3 rings (SSSR count). The first-order chi connectivity index (χ1) is 13.5. The van der Waals surface area contributed by atoms with Gasteiger partial charge in [-0.3, -0.25) is 14.2 Å². The number of anilines is 1. The molecule has 0 radical (unpaired) electrons. The van der Waals surface area contributed by atoms with Gasteiger partial charge in [0.25, 0.3) is 5.56 Å². The first kappa shape index (κ1) is 20.1. The van der Waals surface area contributed by atoms with Crippen LogP contribution in [0.3, 0.4) is 0 Å². The zero-order valence-corrected chi connectivity index (χ0v) is 17.3. The fourth-order valence-corrected chi connectivity index (χ4v) is 3.87. The molecule has 0 aliphatic rings. The Hall–Kier alpha value is -2.60. The van der Waals surface area contributed by atoms with Gasteiger partial charge in [0.05, 0.1) is 16.7 Å². The van der Waals surface area contributed by atoms with Crippen LogP contribution in [-0.4, -0.2) is 21.2 Å². The maximum absolute atomic E-state index is 12.9. The standard InChI is InChI=1S/C22H25N3O2S/c1-4-5-12-25-21(27)17-8-6-7-9-19(17)24-22(25)28-14-20(26)23-18-11-10-15(2)13-16(18)3/h6-11,13H,4-5,12,14H2,1-3H3,(H,23,26). The Balaban J connectivity index is 1.80. The molecule has 0 unspecified atom stereocenters. The fraction of sp³-hybridized carbons (Fsp3) is 0.318. The first-order valence-corrected chi connectivity index (χ1v) is 10.5. The summed E-state index contributed by atoms with van der Waals surface area (Å²) in [7, 11) is 0. The molecule has 0 spiro atoms. The van der Waals surface area contributed by atoms with E-state index >= 15 is 0 Å². The molecule has 0 fully saturated rings. The van der Waals surface area contributed by atoms with E-state index in [0.29, 0.717) is 22.6 Å². The summed E-state index contributed by atoms with van der Waals surface area (Å²) in [5.41, 5.74) is 3.62. The molecule has 0 aliphatic heterocycles. The maximum atomic E-state index is 12.9. The van der Waals surface area contributed by atoms with Crippen molar-refractivity contribution in [2.45, 2.75) is 45.3 Å². The number of hydrogen-bond acceptors (Lipinski definition) is 4. The summed E-state index contributed by atoms with van der Waals surface area (Å²) in [4.78, 5) is 30.0. The molecule has 1 amide bonds. The van der Waals surface area contributed by atoms with Gasteiger partial charge in [-0.25, -0.2) is 4.98 Å². The number of fused-ring (bicyclic) bond motifs is 1. The predicted molar refractivity (Wildman–Crippen MR) is 116 cm³/mol. The summed E-state index contributed by atoms with van der Waals surface area (Å²) in [6.07, 6.45) is 1.87. The van der Waals surface area contributed by atoms with Crippen LogP contribution < -0.4 is 10.9 Å². The van der Waals surface area contributed by atoms with E-state index in [0.717, 1.165) is 29.7 Å². The number of rotatable bonds is 7. The van der Waals surface area contributed by atoms with Gasteiger partial charge in [0.1, 0.15) is 0 Å². The number of hydrogen-bond donors (Lipinski definition) is 1. The van der Waals surface area contributed by atoms with Crippen molar-refractivity contribution in [1.82, 2.24) is 9.55 Å². The molecule has 0 saturated heterocycles. The number of carbonyl (C=O) groups is 1. The van der Waals surface area contributed by atoms with E-state index in [9.17, 15) is 9.59 Å². The number of thioether (sulfide) groups is 1. The summed E-state index contributed by atoms with van der Waals surface area (Å²) >= 11 is 1.30. The number of nitrogens with one attached hydrogen (secondary N) is 1. The van der Waals surface area contributed by atoms with Crippen molar-refractivity contribution in [3.63, 3.8) is 0 Å². The number of amides is 1. The highest BCUT2D eigenvalue weighted by Gasteiger charge is 2.13. The van der Waals surface area contributed by atoms with Crippen molar-refractivity contribution in [1.29, 1.82) is 0 Å². The number of benzene rings is 2. The molecule has 6 heteroatoms. The Morgan fingerprint density at radius 1 is 1.18 bits per heavy atom. The van der Waals surface area contributed by atoms with E-state index < -0.39 is 0 Å². The quantitative estimate of drug-likeness (QED) is 0.471. The Bertz CT molecular complexity index is 1060. The van der Waals surface area contributed by atoms with Crippen LogP contribution >= 0.6 is 11.8 Å². The first-order valence-electron chi connectivity index (χ1n) is 9.49. The van der Waals surface area contributed by atoms with Crippen molar-refractivity contribution in [2.75, 3.05) is 11.1 Å². The van der Waals surface area contributed by atoms with Crippen LogP contribution in [0.25, 0.3) is 10.9 Å². The average Bonchev–Trinajstić information content (AvgIpc) is 2.68. The highest BCUT2D eigenvalue weighted by molar-refractivity contribution is 7.99. The molecular weight excluding hydrogens is 370 g/mol. The number of unbranched alkanes of at least 4 members (excludes halogenated alkanes) is 1. The lowest BCUT2D eigenvalue weighted by molar-refractivity contribution is -0.113. The molecule has 2 aromatic carbocycles. The second-order valence-corrected chi connectivity index (χ2v) is 7.82. The Kier molecular flexibility index (Phi) is 6.52. The molecule has 1 heterocycles. The minimum Gasteiger partial charge on any atom is -0.325 e. The third-order valence-electron chi connectivity index (χ3n) is 4.55. The van der Waals surface area contributed by atoms with Crippen LogP contribution in [0.1, 0.15) is 30.9 Å². The average molecular weight is 396 g/mol. The van der Waals surface area contributed by atoms with E-state index in [1.54, 1.807) is 10.6 Å². The highest BCUT2D eigenvalue weighted by atomic mass is 32.2. The smallest absolute Gasteiger partial charge is 0.262 e. The SMILES string of the molecule is CCCCn1c(SCC(=O)Nc2ccc(C)cc2C)nc2ccccc2c1=O. The molecule has 0 atom stereocenters. The van der Waals surface area contributed by atoms with Gasteiger partial charge >= 0.3 is 0 Å². The molecule has 0 saturated carbocycles. The van der Waals surface area contributed by atoms with Crippen molar-refractivity contribution in [3.8, 4) is 0 Å². The van der Waals surface area contributed by atoms with Gasteiger partial charge < -0.3 is 5.32 Å². The third-order valence-corrected chi connectivity index (χ3v) is 5.53. The maximum Gasteiger partial charge on any atom is 0.262 e. The van der Waals surface area contributed by atoms with Crippen LogP contribution in [0.5, 0.6) is 0 Å². The largest absolute Gasteiger partial charge is 0.325 e. The van der Waals surface area contributed by atoms with Crippen LogP contribution in [0.2, 0.25) is 0 Å². The van der Waals surface area contributed by atoms with Crippen LogP contribution in [0.4, 0.5) is 5.69 Å². The van der Waals surface area contributed by atoms with E-state index in [-0.39, 0.29) is 17.2 Å². The summed E-state index contributed by atoms with van der Waals surface area (Å²) in [5, 5.41) is 4.15. The summed E-state index contributed by atoms with van der Waals surface area (Å²) in [5.74, 6) is 0.0888. The number of aryl methyl sites for hydroxylation is 2. The predicted octanol–water partition coefficient (Wildman–Crippen LogP) is 4.54. The molecule has 3 aromatic rings. The van der Waals surface area contributed by atoms with E-state index in [2.05, 4.69) is 17.2 Å². The van der Waals surface area contributed by atoms with Gasteiger partial charge in [-0.15, -0.1) is 0 Å². The van der Waals surface area contributed by atoms with Crippen molar-refractivity contribution >= 4 is 34.3 Å². The van der Waals surface area contributed by atoms with E-state index in [1.807, 2.05) is 50.2 Å². The second-order valence-electron chi connectivity index (χ2n) is 6.88. The molecular formula is C22H25N3O2S. The summed E-state index contributed by atoms with van der Waals surface area (Å²) in [6, 6.07) is 13.3. The molecule has 0 bridgehead atoms. The van der Waals surface area contributed by atoms with E-state index in [4.69, 9.17) is 0 Å². The topological polar surface area (TPSA) is 64.0 Å². The van der Waals surface area contributed by atoms with Gasteiger partial charge in [-0.2, -0.15) is 0 Å². The van der Waals surface area contributed by atoms with Gasteiger partial charge in [0.2, 0.25) is 5.91 Å².